The number of benzene rings is 2. The van der Waals surface area contributed by atoms with Crippen LogP contribution in [0.2, 0.25) is 0 Å². The molecule has 0 atom stereocenters. The molecule has 0 aliphatic carbocycles. The first-order valence-corrected chi connectivity index (χ1v) is 10.5. The van der Waals surface area contributed by atoms with Gasteiger partial charge in [-0.25, -0.2) is 4.79 Å². The Morgan fingerprint density at radius 1 is 1.06 bits per heavy atom. The largest absolute Gasteiger partial charge is 0.493 e. The van der Waals surface area contributed by atoms with E-state index in [1.54, 1.807) is 38.1 Å². The van der Waals surface area contributed by atoms with E-state index in [9.17, 15) is 14.9 Å². The van der Waals surface area contributed by atoms with Gasteiger partial charge in [0.05, 0.1) is 26.4 Å². The third-order valence-corrected chi connectivity index (χ3v) is 4.64. The topological polar surface area (TPSA) is 133 Å². The third kappa shape index (κ3) is 6.17. The summed E-state index contributed by atoms with van der Waals surface area (Å²) in [6.45, 7) is 3.75. The molecule has 10 nitrogen and oxygen atoms in total. The summed E-state index contributed by atoms with van der Waals surface area (Å²) in [4.78, 5) is 25.1. The predicted molar refractivity (Wildman–Crippen MR) is 126 cm³/mol. The van der Waals surface area contributed by atoms with Crippen molar-refractivity contribution in [2.45, 2.75) is 13.8 Å². The van der Waals surface area contributed by atoms with Crippen LogP contribution in [0.5, 0.6) is 23.0 Å². The van der Waals surface area contributed by atoms with Crippen molar-refractivity contribution in [2.24, 2.45) is 0 Å². The highest BCUT2D eigenvalue weighted by molar-refractivity contribution is 6.09. The fourth-order valence-electron chi connectivity index (χ4n) is 3.01. The maximum Gasteiger partial charge on any atom is 0.343 e. The van der Waals surface area contributed by atoms with Crippen molar-refractivity contribution in [1.82, 2.24) is 5.16 Å². The summed E-state index contributed by atoms with van der Waals surface area (Å²) in [5.74, 6) is 0.729. The average molecular weight is 477 g/mol. The molecule has 2 aromatic carbocycles. The number of nitriles is 1. The second-order valence-electron chi connectivity index (χ2n) is 7.05. The van der Waals surface area contributed by atoms with Crippen LogP contribution in [0.15, 0.2) is 52.6 Å². The van der Waals surface area contributed by atoms with E-state index in [1.165, 1.54) is 38.5 Å². The molecule has 10 heteroatoms. The molecule has 0 bridgehead atoms. The Labute approximate surface area is 201 Å². The molecule has 0 aliphatic heterocycles. The van der Waals surface area contributed by atoms with Gasteiger partial charge in [0.25, 0.3) is 5.91 Å². The van der Waals surface area contributed by atoms with Gasteiger partial charge >= 0.3 is 5.97 Å². The number of aromatic nitrogens is 1. The van der Waals surface area contributed by atoms with Gasteiger partial charge < -0.3 is 28.8 Å². The van der Waals surface area contributed by atoms with Crippen LogP contribution in [-0.4, -0.2) is 37.9 Å². The summed E-state index contributed by atoms with van der Waals surface area (Å²) in [5.41, 5.74) is 0.575. The summed E-state index contributed by atoms with van der Waals surface area (Å²) >= 11 is 0. The third-order valence-electron chi connectivity index (χ3n) is 4.64. The minimum Gasteiger partial charge on any atom is -0.493 e. The zero-order valence-corrected chi connectivity index (χ0v) is 19.6. The number of aryl methyl sites for hydroxylation is 1. The molecule has 0 aliphatic rings. The van der Waals surface area contributed by atoms with Crippen molar-refractivity contribution in [3.05, 3.63) is 64.9 Å². The van der Waals surface area contributed by atoms with Crippen molar-refractivity contribution in [3.63, 3.8) is 0 Å². The first-order valence-electron chi connectivity index (χ1n) is 10.5. The lowest BCUT2D eigenvalue weighted by atomic mass is 10.1. The van der Waals surface area contributed by atoms with Gasteiger partial charge in [0.2, 0.25) is 0 Å². The number of hydrogen-bond acceptors (Lipinski definition) is 9. The van der Waals surface area contributed by atoms with Crippen LogP contribution in [0.4, 0.5) is 5.82 Å². The summed E-state index contributed by atoms with van der Waals surface area (Å²) in [6, 6.07) is 12.7. The molecule has 1 amide bonds. The van der Waals surface area contributed by atoms with E-state index >= 15 is 0 Å². The fraction of sp³-hybridized carbons (Fsp3) is 0.200. The van der Waals surface area contributed by atoms with Crippen LogP contribution in [-0.2, 0) is 4.79 Å². The molecule has 0 spiro atoms. The van der Waals surface area contributed by atoms with Crippen molar-refractivity contribution in [1.29, 1.82) is 5.26 Å². The van der Waals surface area contributed by atoms with Crippen LogP contribution >= 0.6 is 0 Å². The van der Waals surface area contributed by atoms with Crippen molar-refractivity contribution >= 4 is 23.8 Å². The van der Waals surface area contributed by atoms with E-state index in [2.05, 4.69) is 10.5 Å². The molecule has 0 radical (unpaired) electrons. The number of hydrogen-bond donors (Lipinski definition) is 1. The highest BCUT2D eigenvalue weighted by Crippen LogP contribution is 2.32. The summed E-state index contributed by atoms with van der Waals surface area (Å²) in [6.07, 6.45) is 1.38. The molecule has 1 heterocycles. The highest BCUT2D eigenvalue weighted by atomic mass is 16.6. The number of carbonyl (C=O) groups is 2. The zero-order chi connectivity index (χ0) is 25.4. The minimum absolute atomic E-state index is 0.164. The molecule has 3 rings (SSSR count). The maximum absolute atomic E-state index is 12.7. The Kier molecular flexibility index (Phi) is 8.08. The number of nitrogens with zero attached hydrogens (tertiary/aromatic N) is 2. The summed E-state index contributed by atoms with van der Waals surface area (Å²) in [5, 5.41) is 15.6. The smallest absolute Gasteiger partial charge is 0.343 e. The predicted octanol–water partition coefficient (Wildman–Crippen LogP) is 4.16. The normalized spacial score (nSPS) is 10.8. The SMILES string of the molecule is CCOc1cc(C=C(C#N)C(=O)Nc2cc(C)on2)ccc1OC(=O)c1ccc(OC)c(OC)c1. The Hall–Kier alpha value is -4.78. The molecule has 0 saturated heterocycles. The van der Waals surface area contributed by atoms with Gasteiger partial charge in [-0.05, 0) is 55.8 Å². The maximum atomic E-state index is 12.7. The van der Waals surface area contributed by atoms with E-state index in [1.807, 2.05) is 6.07 Å². The fourth-order valence-corrected chi connectivity index (χ4v) is 3.01. The lowest BCUT2D eigenvalue weighted by Gasteiger charge is -2.13. The summed E-state index contributed by atoms with van der Waals surface area (Å²) < 4.78 is 26.5. The van der Waals surface area contributed by atoms with E-state index < -0.39 is 11.9 Å². The standard InChI is InChI=1S/C25H23N3O7/c1-5-33-22-12-16(11-18(14-26)24(29)27-23-10-15(2)35-28-23)6-8-20(22)34-25(30)17-7-9-19(31-3)21(13-17)32-4/h6-13H,5H2,1-4H3,(H,27,28,29). The highest BCUT2D eigenvalue weighted by Gasteiger charge is 2.17. The molecule has 0 fully saturated rings. The lowest BCUT2D eigenvalue weighted by Crippen LogP contribution is -2.13. The van der Waals surface area contributed by atoms with Gasteiger partial charge in [-0.15, -0.1) is 0 Å². The molecule has 1 N–H and O–H groups in total. The van der Waals surface area contributed by atoms with Gasteiger partial charge in [0.1, 0.15) is 17.4 Å². The summed E-state index contributed by atoms with van der Waals surface area (Å²) in [7, 11) is 2.96. The van der Waals surface area contributed by atoms with E-state index in [-0.39, 0.29) is 28.5 Å². The van der Waals surface area contributed by atoms with Gasteiger partial charge in [-0.1, -0.05) is 11.2 Å². The quantitative estimate of drug-likeness (QED) is 0.209. The van der Waals surface area contributed by atoms with Crippen LogP contribution in [0.1, 0.15) is 28.6 Å². The molecule has 0 saturated carbocycles. The monoisotopic (exact) mass is 477 g/mol. The first kappa shape index (κ1) is 24.9. The van der Waals surface area contributed by atoms with Crippen LogP contribution in [0.3, 0.4) is 0 Å². The Morgan fingerprint density at radius 2 is 1.80 bits per heavy atom. The van der Waals surface area contributed by atoms with Crippen molar-refractivity contribution < 1.29 is 33.1 Å². The van der Waals surface area contributed by atoms with Gasteiger partial charge in [0.15, 0.2) is 28.8 Å². The molecular weight excluding hydrogens is 454 g/mol. The minimum atomic E-state index is -0.650. The van der Waals surface area contributed by atoms with Crippen LogP contribution in [0, 0.1) is 18.3 Å². The van der Waals surface area contributed by atoms with Gasteiger partial charge in [-0.3, -0.25) is 4.79 Å². The Balaban J connectivity index is 1.83. The average Bonchev–Trinajstić information content (AvgIpc) is 3.27. The number of rotatable bonds is 9. The van der Waals surface area contributed by atoms with Crippen LogP contribution in [0.25, 0.3) is 6.08 Å². The second-order valence-corrected chi connectivity index (χ2v) is 7.05. The second kappa shape index (κ2) is 11.4. The molecular formula is C25H23N3O7. The van der Waals surface area contributed by atoms with Crippen LogP contribution < -0.4 is 24.3 Å². The molecule has 35 heavy (non-hydrogen) atoms. The number of ether oxygens (including phenoxy) is 4. The molecule has 0 unspecified atom stereocenters. The lowest BCUT2D eigenvalue weighted by molar-refractivity contribution is -0.112. The van der Waals surface area contributed by atoms with Crippen molar-refractivity contribution in [3.8, 4) is 29.1 Å². The number of carbonyl (C=O) groups excluding carboxylic acids is 2. The van der Waals surface area contributed by atoms with E-state index in [0.717, 1.165) is 0 Å². The van der Waals surface area contributed by atoms with Crippen molar-refractivity contribution in [2.75, 3.05) is 26.1 Å². The number of anilines is 1. The number of amides is 1. The van der Waals surface area contributed by atoms with E-state index in [4.69, 9.17) is 23.5 Å². The molecule has 180 valence electrons. The Morgan fingerprint density at radius 3 is 2.43 bits per heavy atom. The Bertz CT molecular complexity index is 1300. The zero-order valence-electron chi connectivity index (χ0n) is 19.6. The van der Waals surface area contributed by atoms with Gasteiger partial charge in [-0.2, -0.15) is 5.26 Å². The number of methoxy groups -OCH3 is 2. The van der Waals surface area contributed by atoms with Gasteiger partial charge in [0, 0.05) is 6.07 Å². The number of esters is 1. The van der Waals surface area contributed by atoms with E-state index in [0.29, 0.717) is 29.4 Å². The molecule has 1 aromatic heterocycles. The first-order chi connectivity index (χ1) is 16.9. The number of nitrogens with one attached hydrogen (secondary N) is 1. The molecule has 3 aromatic rings.